The van der Waals surface area contributed by atoms with E-state index in [1.807, 2.05) is 74.2 Å². The zero-order valence-corrected chi connectivity index (χ0v) is 38.8. The molecular weight excluding hydrogens is 864 g/mol. The summed E-state index contributed by atoms with van der Waals surface area (Å²) in [6.07, 6.45) is 2.81. The predicted molar refractivity (Wildman–Crippen MR) is 253 cm³/mol. The molecule has 1 N–H and O–H groups in total. The number of aromatic carboxylic acids is 1. The molecule has 0 saturated carbocycles. The summed E-state index contributed by atoms with van der Waals surface area (Å²) in [6.45, 7) is 13.2. The van der Waals surface area contributed by atoms with E-state index < -0.39 is 11.5 Å². The number of anilines is 1. The zero-order chi connectivity index (χ0) is 45.5. The number of halogens is 2. The van der Waals surface area contributed by atoms with Crippen molar-refractivity contribution in [2.24, 2.45) is 0 Å². The first-order valence-corrected chi connectivity index (χ1v) is 22.7. The van der Waals surface area contributed by atoms with Crippen molar-refractivity contribution in [2.75, 3.05) is 58.4 Å². The highest BCUT2D eigenvalue weighted by atomic mass is 35.5. The number of carbonyl (C=O) groups is 2. The van der Waals surface area contributed by atoms with Gasteiger partial charge in [-0.2, -0.15) is 0 Å². The van der Waals surface area contributed by atoms with E-state index in [1.54, 1.807) is 30.0 Å². The number of carbonyl (C=O) groups excluding carboxylic acids is 1. The number of aryl methyl sites for hydroxylation is 4. The fourth-order valence-electron chi connectivity index (χ4n) is 10.3. The molecule has 1 saturated heterocycles. The third kappa shape index (κ3) is 7.11. The highest BCUT2D eigenvalue weighted by molar-refractivity contribution is 6.35. The van der Waals surface area contributed by atoms with E-state index in [-0.39, 0.29) is 24.7 Å². The highest BCUT2D eigenvalue weighted by Crippen LogP contribution is 2.53. The highest BCUT2D eigenvalue weighted by Gasteiger charge is 2.50. The molecule has 4 aromatic heterocycles. The van der Waals surface area contributed by atoms with E-state index in [4.69, 9.17) is 42.6 Å². The van der Waals surface area contributed by atoms with Crippen LogP contribution in [0.15, 0.2) is 66.9 Å². The molecule has 1 atom stereocenters. The second-order valence-corrected chi connectivity index (χ2v) is 18.6. The van der Waals surface area contributed by atoms with Gasteiger partial charge >= 0.3 is 5.97 Å². The van der Waals surface area contributed by atoms with Gasteiger partial charge in [0.05, 0.1) is 66.5 Å². The van der Waals surface area contributed by atoms with Gasteiger partial charge in [-0.15, -0.1) is 0 Å². The SMILES string of the molecule is COc1ccc(N2C[C@]3(C)c4nc(CN5CCN(C)CC5)nc(C)c4-c4c(Cl)ccc5c(CCCOc6cc(C)c(Cl)c(C)c6)c(n3c45)C2=O)c2c1cc(C(=O)O)n2Cc1ccccn1. The van der Waals surface area contributed by atoms with E-state index in [1.165, 1.54) is 0 Å². The Kier molecular flexibility index (Phi) is 10.9. The van der Waals surface area contributed by atoms with Gasteiger partial charge in [-0.25, -0.2) is 14.8 Å². The molecule has 7 heterocycles. The van der Waals surface area contributed by atoms with Gasteiger partial charge in [-0.3, -0.25) is 14.7 Å². The quantitative estimate of drug-likeness (QED) is 0.119. The van der Waals surface area contributed by atoms with Crippen LogP contribution in [-0.2, 0) is 25.0 Å². The molecule has 3 aromatic carbocycles. The van der Waals surface area contributed by atoms with E-state index in [0.717, 1.165) is 87.1 Å². The first kappa shape index (κ1) is 42.9. The molecule has 0 aliphatic carbocycles. The van der Waals surface area contributed by atoms with Crippen molar-refractivity contribution in [3.05, 3.63) is 128 Å². The maximum absolute atomic E-state index is 15.8. The molecule has 334 valence electrons. The number of amides is 1. The van der Waals surface area contributed by atoms with Crippen LogP contribution in [-0.4, -0.2) is 104 Å². The second kappa shape index (κ2) is 16.5. The average molecular weight is 914 g/mol. The molecule has 15 heteroatoms. The average Bonchev–Trinajstić information content (AvgIpc) is 3.84. The predicted octanol–water partition coefficient (Wildman–Crippen LogP) is 8.93. The van der Waals surface area contributed by atoms with Crippen LogP contribution in [0.4, 0.5) is 5.69 Å². The summed E-state index contributed by atoms with van der Waals surface area (Å²) in [6, 6.07) is 18.7. The molecule has 0 bridgehead atoms. The topological polar surface area (TPSA) is 131 Å². The summed E-state index contributed by atoms with van der Waals surface area (Å²) in [4.78, 5) is 50.6. The van der Waals surface area contributed by atoms with Gasteiger partial charge in [0.1, 0.15) is 34.3 Å². The Labute approximate surface area is 387 Å². The molecule has 0 spiro atoms. The van der Waals surface area contributed by atoms with Crippen LogP contribution in [0, 0.1) is 20.8 Å². The Bertz CT molecular complexity index is 3060. The lowest BCUT2D eigenvalue weighted by Crippen LogP contribution is -2.55. The number of hydrogen-bond acceptors (Lipinski definition) is 9. The van der Waals surface area contributed by atoms with Gasteiger partial charge in [0, 0.05) is 65.0 Å². The third-order valence-corrected chi connectivity index (χ3v) is 14.4. The van der Waals surface area contributed by atoms with Crippen LogP contribution in [0.25, 0.3) is 32.9 Å². The number of pyridine rings is 1. The maximum Gasteiger partial charge on any atom is 0.352 e. The third-order valence-electron chi connectivity index (χ3n) is 13.5. The number of aromatic nitrogens is 5. The van der Waals surface area contributed by atoms with Crippen LogP contribution >= 0.6 is 23.2 Å². The summed E-state index contributed by atoms with van der Waals surface area (Å²) in [7, 11) is 3.70. The lowest BCUT2D eigenvalue weighted by Gasteiger charge is -2.46. The summed E-state index contributed by atoms with van der Waals surface area (Å²) < 4.78 is 16.1. The molecule has 3 aliphatic rings. The van der Waals surface area contributed by atoms with Crippen LogP contribution in [0.5, 0.6) is 11.5 Å². The molecule has 0 unspecified atom stereocenters. The number of piperazine rings is 1. The number of ether oxygens (including phenoxy) is 2. The first-order valence-electron chi connectivity index (χ1n) is 22.0. The van der Waals surface area contributed by atoms with Crippen LogP contribution < -0.4 is 14.4 Å². The number of hydrogen-bond donors (Lipinski definition) is 1. The smallest absolute Gasteiger partial charge is 0.352 e. The molecule has 0 radical (unpaired) electrons. The standard InChI is InChI=1S/C50H50Cl2N8O5/c1-28-22-32(23-29(2)43(28)52)65-21-9-11-33-34-12-13-36(51)42-41-30(3)54-40(26-57-19-17-56(5)18-20-57)55-47(41)50(4)27-59(48(61)46(33)60(50)45(34)42)37-14-15-39(64-6)35-24-38(49(62)63)58(44(35)37)25-31-10-7-8-16-53-31/h7-8,10,12-16,22-24H,9,11,17-21,25-27H2,1-6H3,(H,62,63)/t50-/m1/s1. The lowest BCUT2D eigenvalue weighted by atomic mass is 9.83. The number of nitrogens with zero attached hydrogens (tertiary/aromatic N) is 8. The summed E-state index contributed by atoms with van der Waals surface area (Å²) >= 11 is 13.7. The van der Waals surface area contributed by atoms with Gasteiger partial charge < -0.3 is 33.5 Å². The van der Waals surface area contributed by atoms with Crippen molar-refractivity contribution in [3.63, 3.8) is 0 Å². The Morgan fingerprint density at radius 3 is 2.38 bits per heavy atom. The molecule has 10 rings (SSSR count). The van der Waals surface area contributed by atoms with E-state index in [9.17, 15) is 9.90 Å². The molecule has 1 amide bonds. The monoisotopic (exact) mass is 912 g/mol. The fourth-order valence-corrected chi connectivity index (χ4v) is 10.7. The number of likely N-dealkylation sites (N-methyl/N-ethyl adjacent to an activating group) is 1. The Morgan fingerprint density at radius 1 is 0.908 bits per heavy atom. The number of methoxy groups -OCH3 is 1. The Hall–Kier alpha value is -5.99. The minimum Gasteiger partial charge on any atom is -0.496 e. The van der Waals surface area contributed by atoms with Crippen molar-refractivity contribution < 1.29 is 24.2 Å². The molecule has 13 nitrogen and oxygen atoms in total. The Morgan fingerprint density at radius 2 is 1.68 bits per heavy atom. The van der Waals surface area contributed by atoms with E-state index in [0.29, 0.717) is 70.6 Å². The summed E-state index contributed by atoms with van der Waals surface area (Å²) in [5.41, 5.74) is 8.34. The molecule has 3 aliphatic heterocycles. The normalized spacial score (nSPS) is 17.3. The molecule has 1 fully saturated rings. The molecule has 7 aromatic rings. The van der Waals surface area contributed by atoms with Crippen LogP contribution in [0.1, 0.15) is 73.9 Å². The molecule has 65 heavy (non-hydrogen) atoms. The van der Waals surface area contributed by atoms with Gasteiger partial charge in [0.25, 0.3) is 5.91 Å². The summed E-state index contributed by atoms with van der Waals surface area (Å²) in [5, 5.41) is 13.4. The number of carboxylic acid groups (broad SMARTS) is 1. The van der Waals surface area contributed by atoms with Gasteiger partial charge in [0.2, 0.25) is 0 Å². The van der Waals surface area contributed by atoms with Crippen molar-refractivity contribution >= 4 is 62.6 Å². The number of carboxylic acids is 1. The lowest BCUT2D eigenvalue weighted by molar-refractivity contribution is 0.0686. The van der Waals surface area contributed by atoms with E-state index >= 15 is 4.79 Å². The van der Waals surface area contributed by atoms with Gasteiger partial charge in [-0.1, -0.05) is 35.3 Å². The number of rotatable bonds is 12. The van der Waals surface area contributed by atoms with Crippen molar-refractivity contribution in [3.8, 4) is 22.6 Å². The minimum atomic E-state index is -1.11. The number of benzene rings is 3. The van der Waals surface area contributed by atoms with Crippen molar-refractivity contribution in [1.29, 1.82) is 0 Å². The second-order valence-electron chi connectivity index (χ2n) is 17.8. The fraction of sp³-hybridized carbons (Fsp3) is 0.340. The van der Waals surface area contributed by atoms with Gasteiger partial charge in [-0.05, 0) is 113 Å². The minimum absolute atomic E-state index is 0.0483. The van der Waals surface area contributed by atoms with Crippen LogP contribution in [0.3, 0.4) is 0 Å². The van der Waals surface area contributed by atoms with Crippen molar-refractivity contribution in [1.82, 2.24) is 33.9 Å². The molecular formula is C50H50Cl2N8O5. The van der Waals surface area contributed by atoms with Crippen LogP contribution in [0.2, 0.25) is 10.0 Å². The largest absolute Gasteiger partial charge is 0.496 e. The van der Waals surface area contributed by atoms with E-state index in [2.05, 4.69) is 33.3 Å². The summed E-state index contributed by atoms with van der Waals surface area (Å²) in [5.74, 6) is 0.609. The zero-order valence-electron chi connectivity index (χ0n) is 37.3. The van der Waals surface area contributed by atoms with Crippen molar-refractivity contribution in [2.45, 2.75) is 59.2 Å². The maximum atomic E-state index is 15.8. The van der Waals surface area contributed by atoms with Gasteiger partial charge in [0.15, 0.2) is 0 Å². The Balaban J connectivity index is 1.17. The number of fused-ring (bicyclic) bond motifs is 4. The first-order chi connectivity index (χ1) is 31.3.